The average Bonchev–Trinajstić information content (AvgIpc) is 2.43. The van der Waals surface area contributed by atoms with Crippen LogP contribution in [0.1, 0.15) is 36.5 Å². The van der Waals surface area contributed by atoms with Crippen molar-refractivity contribution < 1.29 is 0 Å². The SMILES string of the molecule is CC(C)c1ccc(CNCc2ccc(Br)c(Br)c2)cc1. The lowest BCUT2D eigenvalue weighted by atomic mass is 10.0. The quantitative estimate of drug-likeness (QED) is 0.690. The van der Waals surface area contributed by atoms with Gasteiger partial charge in [-0.3, -0.25) is 0 Å². The van der Waals surface area contributed by atoms with E-state index in [1.54, 1.807) is 0 Å². The maximum atomic E-state index is 3.53. The molecule has 0 atom stereocenters. The van der Waals surface area contributed by atoms with Gasteiger partial charge in [-0.2, -0.15) is 0 Å². The van der Waals surface area contributed by atoms with Gasteiger partial charge in [0.15, 0.2) is 0 Å². The summed E-state index contributed by atoms with van der Waals surface area (Å²) in [5.74, 6) is 0.595. The Morgan fingerprint density at radius 3 is 2.05 bits per heavy atom. The van der Waals surface area contributed by atoms with Gasteiger partial charge < -0.3 is 5.32 Å². The molecule has 1 N–H and O–H groups in total. The fourth-order valence-electron chi connectivity index (χ4n) is 2.02. The Morgan fingerprint density at radius 1 is 0.850 bits per heavy atom. The number of nitrogens with one attached hydrogen (secondary N) is 1. The molecule has 0 aromatic heterocycles. The maximum absolute atomic E-state index is 3.53. The molecule has 20 heavy (non-hydrogen) atoms. The van der Waals surface area contributed by atoms with E-state index in [0.29, 0.717) is 5.92 Å². The van der Waals surface area contributed by atoms with Crippen LogP contribution in [0.3, 0.4) is 0 Å². The van der Waals surface area contributed by atoms with Gasteiger partial charge in [-0.25, -0.2) is 0 Å². The molecule has 0 saturated carbocycles. The van der Waals surface area contributed by atoms with E-state index in [-0.39, 0.29) is 0 Å². The van der Waals surface area contributed by atoms with Crippen molar-refractivity contribution in [3.63, 3.8) is 0 Å². The second kappa shape index (κ2) is 7.39. The third-order valence-corrected chi connectivity index (χ3v) is 5.17. The highest BCUT2D eigenvalue weighted by Crippen LogP contribution is 2.23. The van der Waals surface area contributed by atoms with Crippen molar-refractivity contribution in [3.05, 3.63) is 68.1 Å². The lowest BCUT2D eigenvalue weighted by Gasteiger charge is -2.09. The van der Waals surface area contributed by atoms with Crippen molar-refractivity contribution in [2.24, 2.45) is 0 Å². The Kier molecular flexibility index (Phi) is 5.82. The first kappa shape index (κ1) is 15.7. The van der Waals surface area contributed by atoms with Crippen molar-refractivity contribution in [3.8, 4) is 0 Å². The van der Waals surface area contributed by atoms with Gasteiger partial charge in [0.05, 0.1) is 0 Å². The molecule has 0 amide bonds. The molecule has 0 spiro atoms. The van der Waals surface area contributed by atoms with Gasteiger partial charge in [-0.15, -0.1) is 0 Å². The Hall–Kier alpha value is -0.640. The van der Waals surface area contributed by atoms with Gasteiger partial charge in [0.2, 0.25) is 0 Å². The molecule has 0 aliphatic rings. The van der Waals surface area contributed by atoms with Gasteiger partial charge in [0.1, 0.15) is 0 Å². The van der Waals surface area contributed by atoms with Crippen LogP contribution in [0.2, 0.25) is 0 Å². The zero-order valence-electron chi connectivity index (χ0n) is 11.8. The predicted molar refractivity (Wildman–Crippen MR) is 92.9 cm³/mol. The molecule has 0 fully saturated rings. The van der Waals surface area contributed by atoms with Crippen molar-refractivity contribution in [1.29, 1.82) is 0 Å². The molecule has 1 nitrogen and oxygen atoms in total. The van der Waals surface area contributed by atoms with Crippen LogP contribution < -0.4 is 5.32 Å². The Labute approximate surface area is 138 Å². The van der Waals surface area contributed by atoms with Gasteiger partial charge in [-0.05, 0) is 66.6 Å². The third kappa shape index (κ3) is 4.44. The van der Waals surface area contributed by atoms with Crippen LogP contribution in [-0.4, -0.2) is 0 Å². The highest BCUT2D eigenvalue weighted by molar-refractivity contribution is 9.13. The van der Waals surface area contributed by atoms with Crippen molar-refractivity contribution in [2.75, 3.05) is 0 Å². The minimum absolute atomic E-state index is 0.595. The van der Waals surface area contributed by atoms with Crippen LogP contribution in [-0.2, 0) is 13.1 Å². The molecule has 2 rings (SSSR count). The summed E-state index contributed by atoms with van der Waals surface area (Å²) in [6.07, 6.45) is 0. The molecular weight excluding hydrogens is 378 g/mol. The third-order valence-electron chi connectivity index (χ3n) is 3.29. The Morgan fingerprint density at radius 2 is 1.45 bits per heavy atom. The molecule has 2 aromatic carbocycles. The van der Waals surface area contributed by atoms with Crippen LogP contribution in [0.5, 0.6) is 0 Å². The van der Waals surface area contributed by atoms with Crippen molar-refractivity contribution in [1.82, 2.24) is 5.32 Å². The van der Waals surface area contributed by atoms with Gasteiger partial charge in [0.25, 0.3) is 0 Å². The fourth-order valence-corrected chi connectivity index (χ4v) is 2.69. The summed E-state index contributed by atoms with van der Waals surface area (Å²) in [6, 6.07) is 15.2. The van der Waals surface area contributed by atoms with Crippen LogP contribution in [0, 0.1) is 0 Å². The summed E-state index contributed by atoms with van der Waals surface area (Å²) in [5.41, 5.74) is 4.00. The molecule has 0 aliphatic carbocycles. The first-order valence-electron chi connectivity index (χ1n) is 6.79. The minimum atomic E-state index is 0.595. The normalized spacial score (nSPS) is 11.1. The number of hydrogen-bond acceptors (Lipinski definition) is 1. The predicted octanol–water partition coefficient (Wildman–Crippen LogP) is 5.62. The van der Waals surface area contributed by atoms with E-state index < -0.39 is 0 Å². The lowest BCUT2D eigenvalue weighted by Crippen LogP contribution is -2.12. The topological polar surface area (TPSA) is 12.0 Å². The van der Waals surface area contributed by atoms with Crippen molar-refractivity contribution >= 4 is 31.9 Å². The molecule has 0 aliphatic heterocycles. The zero-order chi connectivity index (χ0) is 14.5. The molecular formula is C17H19Br2N. The molecule has 106 valence electrons. The fraction of sp³-hybridized carbons (Fsp3) is 0.294. The molecule has 0 saturated heterocycles. The van der Waals surface area contributed by atoms with Crippen molar-refractivity contribution in [2.45, 2.75) is 32.9 Å². The van der Waals surface area contributed by atoms with Crippen LogP contribution in [0.4, 0.5) is 0 Å². The van der Waals surface area contributed by atoms with E-state index in [2.05, 4.69) is 93.5 Å². The Bertz CT molecular complexity index is 562. The number of benzene rings is 2. The highest BCUT2D eigenvalue weighted by Gasteiger charge is 2.00. The van der Waals surface area contributed by atoms with E-state index in [4.69, 9.17) is 0 Å². The maximum Gasteiger partial charge on any atom is 0.0320 e. The first-order valence-corrected chi connectivity index (χ1v) is 8.38. The lowest BCUT2D eigenvalue weighted by molar-refractivity contribution is 0.692. The van der Waals surface area contributed by atoms with E-state index in [0.717, 1.165) is 22.0 Å². The van der Waals surface area contributed by atoms with Gasteiger partial charge in [-0.1, -0.05) is 44.2 Å². The molecule has 0 radical (unpaired) electrons. The van der Waals surface area contributed by atoms with Crippen LogP contribution in [0.25, 0.3) is 0 Å². The number of hydrogen-bond donors (Lipinski definition) is 1. The summed E-state index contributed by atoms with van der Waals surface area (Å²) >= 11 is 7.01. The van der Waals surface area contributed by atoms with Gasteiger partial charge in [0, 0.05) is 22.0 Å². The first-order chi connectivity index (χ1) is 9.56. The Balaban J connectivity index is 1.87. The zero-order valence-corrected chi connectivity index (χ0v) is 15.0. The average molecular weight is 397 g/mol. The van der Waals surface area contributed by atoms with Gasteiger partial charge >= 0.3 is 0 Å². The molecule has 0 heterocycles. The monoisotopic (exact) mass is 395 g/mol. The number of halogens is 2. The largest absolute Gasteiger partial charge is 0.309 e. The summed E-state index contributed by atoms with van der Waals surface area (Å²) in [6.45, 7) is 6.21. The van der Waals surface area contributed by atoms with E-state index in [9.17, 15) is 0 Å². The summed E-state index contributed by atoms with van der Waals surface area (Å²) in [5, 5.41) is 3.48. The summed E-state index contributed by atoms with van der Waals surface area (Å²) in [4.78, 5) is 0. The van der Waals surface area contributed by atoms with Crippen LogP contribution in [0.15, 0.2) is 51.4 Å². The minimum Gasteiger partial charge on any atom is -0.309 e. The van der Waals surface area contributed by atoms with E-state index >= 15 is 0 Å². The second-order valence-electron chi connectivity index (χ2n) is 5.25. The summed E-state index contributed by atoms with van der Waals surface area (Å²) < 4.78 is 2.18. The second-order valence-corrected chi connectivity index (χ2v) is 6.96. The van der Waals surface area contributed by atoms with Crippen LogP contribution >= 0.6 is 31.9 Å². The molecule has 0 unspecified atom stereocenters. The summed E-state index contributed by atoms with van der Waals surface area (Å²) in [7, 11) is 0. The number of rotatable bonds is 5. The van der Waals surface area contributed by atoms with E-state index in [1.165, 1.54) is 16.7 Å². The smallest absolute Gasteiger partial charge is 0.0320 e. The van der Waals surface area contributed by atoms with E-state index in [1.807, 2.05) is 0 Å². The highest BCUT2D eigenvalue weighted by atomic mass is 79.9. The standard InChI is InChI=1S/C17H19Br2N/c1-12(2)15-6-3-13(4-7-15)10-20-11-14-5-8-16(18)17(19)9-14/h3-9,12,20H,10-11H2,1-2H3. The molecule has 0 bridgehead atoms. The molecule has 3 heteroatoms. The molecule has 2 aromatic rings.